The van der Waals surface area contributed by atoms with E-state index < -0.39 is 17.6 Å². The number of hydrogen-bond acceptors (Lipinski definition) is 0. The summed E-state index contributed by atoms with van der Waals surface area (Å²) in [5.41, 5.74) is -1.21. The molecule has 1 aromatic carbocycles. The van der Waals surface area contributed by atoms with E-state index in [9.17, 15) is 17.6 Å². The lowest BCUT2D eigenvalue weighted by Crippen LogP contribution is -2.12. The minimum absolute atomic E-state index is 0.0194. The number of rotatable bonds is 2. The number of hydrogen-bond donors (Lipinski definition) is 0. The molecule has 2 rings (SSSR count). The Morgan fingerprint density at radius 1 is 1.10 bits per heavy atom. The lowest BCUT2D eigenvalue weighted by molar-refractivity contribution is -0.140. The van der Waals surface area contributed by atoms with Crippen LogP contribution in [0.1, 0.15) is 49.3 Å². The van der Waals surface area contributed by atoms with Gasteiger partial charge in [-0.25, -0.2) is 4.39 Å². The summed E-state index contributed by atoms with van der Waals surface area (Å²) in [4.78, 5) is 0. The zero-order chi connectivity index (χ0) is 15.6. The van der Waals surface area contributed by atoms with Gasteiger partial charge in [-0.2, -0.15) is 13.2 Å². The van der Waals surface area contributed by atoms with Gasteiger partial charge in [-0.15, -0.1) is 0 Å². The molecule has 0 aromatic heterocycles. The fourth-order valence-electron chi connectivity index (χ4n) is 2.84. The highest BCUT2D eigenvalue weighted by Crippen LogP contribution is 2.36. The van der Waals surface area contributed by atoms with E-state index in [0.717, 1.165) is 25.7 Å². The quantitative estimate of drug-likeness (QED) is 0.588. The molecule has 1 aliphatic carbocycles. The molecule has 0 aliphatic heterocycles. The van der Waals surface area contributed by atoms with Gasteiger partial charge in [0.1, 0.15) is 5.82 Å². The monoisotopic (exact) mass is 300 g/mol. The van der Waals surface area contributed by atoms with Gasteiger partial charge in [0.15, 0.2) is 0 Å². The van der Waals surface area contributed by atoms with Gasteiger partial charge in [-0.1, -0.05) is 44.1 Å². The molecule has 0 N–H and O–H groups in total. The average Bonchev–Trinajstić information content (AvgIpc) is 2.40. The van der Waals surface area contributed by atoms with Crippen molar-refractivity contribution in [2.24, 2.45) is 11.8 Å². The van der Waals surface area contributed by atoms with Crippen molar-refractivity contribution in [3.05, 3.63) is 40.7 Å². The van der Waals surface area contributed by atoms with E-state index in [2.05, 4.69) is 6.92 Å². The van der Waals surface area contributed by atoms with Crippen LogP contribution in [0.3, 0.4) is 0 Å². The Balaban J connectivity index is 2.26. The molecule has 0 bridgehead atoms. The molecule has 0 nitrogen and oxygen atoms in total. The van der Waals surface area contributed by atoms with Gasteiger partial charge in [-0.05, 0) is 42.7 Å². The third kappa shape index (κ3) is 3.86. The van der Waals surface area contributed by atoms with Gasteiger partial charge in [0.2, 0.25) is 0 Å². The molecule has 1 saturated carbocycles. The molecular weight excluding hydrogens is 280 g/mol. The van der Waals surface area contributed by atoms with Crippen molar-refractivity contribution in [3.8, 4) is 0 Å². The summed E-state index contributed by atoms with van der Waals surface area (Å²) in [5, 5.41) is 0. The number of allylic oxidation sites excluding steroid dienone is 1. The normalized spacial score (nSPS) is 23.7. The van der Waals surface area contributed by atoms with Crippen molar-refractivity contribution in [2.45, 2.75) is 45.7 Å². The third-order valence-electron chi connectivity index (χ3n) is 4.26. The Kier molecular flexibility index (Phi) is 4.74. The van der Waals surface area contributed by atoms with Crippen LogP contribution in [-0.4, -0.2) is 0 Å². The van der Waals surface area contributed by atoms with Gasteiger partial charge in [0.25, 0.3) is 0 Å². The maximum Gasteiger partial charge on any atom is 0.419 e. The minimum atomic E-state index is -4.67. The average molecular weight is 300 g/mol. The Morgan fingerprint density at radius 2 is 1.71 bits per heavy atom. The third-order valence-corrected chi connectivity index (χ3v) is 4.26. The second-order valence-electron chi connectivity index (χ2n) is 6.04. The first-order valence-electron chi connectivity index (χ1n) is 7.33. The summed E-state index contributed by atoms with van der Waals surface area (Å²) < 4.78 is 52.9. The number of aryl methyl sites for hydroxylation is 1. The molecule has 1 fully saturated rings. The topological polar surface area (TPSA) is 0 Å². The fourth-order valence-corrected chi connectivity index (χ4v) is 2.84. The highest BCUT2D eigenvalue weighted by Gasteiger charge is 2.36. The molecule has 1 aliphatic rings. The zero-order valence-electron chi connectivity index (χ0n) is 12.3. The van der Waals surface area contributed by atoms with E-state index >= 15 is 0 Å². The van der Waals surface area contributed by atoms with Crippen LogP contribution in [0.2, 0.25) is 0 Å². The van der Waals surface area contributed by atoms with Gasteiger partial charge >= 0.3 is 6.18 Å². The van der Waals surface area contributed by atoms with Gasteiger partial charge < -0.3 is 0 Å². The fraction of sp³-hybridized carbons (Fsp3) is 0.529. The molecule has 0 atom stereocenters. The van der Waals surface area contributed by atoms with E-state index in [-0.39, 0.29) is 11.1 Å². The summed E-state index contributed by atoms with van der Waals surface area (Å²) in [6.07, 6.45) is 2.77. The van der Waals surface area contributed by atoms with E-state index in [1.54, 1.807) is 0 Å². The molecule has 0 amide bonds. The molecule has 21 heavy (non-hydrogen) atoms. The van der Waals surface area contributed by atoms with Crippen LogP contribution in [-0.2, 0) is 6.18 Å². The summed E-state index contributed by atoms with van der Waals surface area (Å²) >= 11 is 0. The van der Waals surface area contributed by atoms with Gasteiger partial charge in [-0.3, -0.25) is 0 Å². The standard InChI is InChI=1S/C17H20F4/c1-11-3-6-13(7-4-11)8-10-14-9-5-12(2)16(18)15(14)17(19,20)21/h5,8-11,13H,3-4,6-7H2,1-2H3/b10-8+. The van der Waals surface area contributed by atoms with Crippen molar-refractivity contribution in [3.63, 3.8) is 0 Å². The van der Waals surface area contributed by atoms with Crippen LogP contribution < -0.4 is 0 Å². The smallest absolute Gasteiger partial charge is 0.206 e. The van der Waals surface area contributed by atoms with Crippen LogP contribution in [0.25, 0.3) is 6.08 Å². The van der Waals surface area contributed by atoms with Crippen molar-refractivity contribution in [1.29, 1.82) is 0 Å². The Morgan fingerprint density at radius 3 is 2.29 bits per heavy atom. The van der Waals surface area contributed by atoms with Crippen LogP contribution in [0.4, 0.5) is 17.6 Å². The van der Waals surface area contributed by atoms with E-state index in [1.807, 2.05) is 6.08 Å². The number of halogens is 4. The largest absolute Gasteiger partial charge is 0.419 e. The molecule has 0 spiro atoms. The van der Waals surface area contributed by atoms with Crippen LogP contribution in [0, 0.1) is 24.6 Å². The Labute approximate surface area is 122 Å². The second-order valence-corrected chi connectivity index (χ2v) is 6.04. The highest BCUT2D eigenvalue weighted by atomic mass is 19.4. The lowest BCUT2D eigenvalue weighted by atomic mass is 9.82. The molecule has 0 heterocycles. The molecular formula is C17H20F4. The van der Waals surface area contributed by atoms with Gasteiger partial charge in [0.05, 0.1) is 5.56 Å². The van der Waals surface area contributed by atoms with Crippen molar-refractivity contribution in [1.82, 2.24) is 0 Å². The van der Waals surface area contributed by atoms with Crippen molar-refractivity contribution < 1.29 is 17.6 Å². The predicted octanol–water partition coefficient (Wildman–Crippen LogP) is 5.99. The van der Waals surface area contributed by atoms with E-state index in [0.29, 0.717) is 11.8 Å². The van der Waals surface area contributed by atoms with Crippen LogP contribution in [0.15, 0.2) is 18.2 Å². The molecule has 116 valence electrons. The van der Waals surface area contributed by atoms with E-state index in [4.69, 9.17) is 0 Å². The predicted molar refractivity (Wildman–Crippen MR) is 76.3 cm³/mol. The molecule has 0 radical (unpaired) electrons. The lowest BCUT2D eigenvalue weighted by Gasteiger charge is -2.23. The molecule has 0 saturated heterocycles. The molecule has 1 aromatic rings. The number of alkyl halides is 3. The van der Waals surface area contributed by atoms with Crippen LogP contribution >= 0.6 is 0 Å². The summed E-state index contributed by atoms with van der Waals surface area (Å²) in [6.45, 7) is 3.54. The minimum Gasteiger partial charge on any atom is -0.206 e. The maximum atomic E-state index is 13.8. The summed E-state index contributed by atoms with van der Waals surface area (Å²) in [5.74, 6) is -0.175. The first-order valence-corrected chi connectivity index (χ1v) is 7.33. The SMILES string of the molecule is Cc1ccc(/C=C/C2CCC(C)CC2)c(C(F)(F)F)c1F. The first-order chi connectivity index (χ1) is 9.79. The Hall–Kier alpha value is -1.32. The van der Waals surface area contributed by atoms with Gasteiger partial charge in [0, 0.05) is 0 Å². The second kappa shape index (κ2) is 6.20. The maximum absolute atomic E-state index is 13.8. The van der Waals surface area contributed by atoms with E-state index in [1.165, 1.54) is 25.1 Å². The summed E-state index contributed by atoms with van der Waals surface area (Å²) in [7, 11) is 0. The molecule has 4 heteroatoms. The van der Waals surface area contributed by atoms with Crippen molar-refractivity contribution >= 4 is 6.08 Å². The first kappa shape index (κ1) is 16.1. The Bertz CT molecular complexity index is 520. The highest BCUT2D eigenvalue weighted by molar-refractivity contribution is 5.56. The van der Waals surface area contributed by atoms with Crippen molar-refractivity contribution in [2.75, 3.05) is 0 Å². The number of benzene rings is 1. The zero-order valence-corrected chi connectivity index (χ0v) is 12.3. The summed E-state index contributed by atoms with van der Waals surface area (Å²) in [6, 6.07) is 2.75. The van der Waals surface area contributed by atoms with Crippen LogP contribution in [0.5, 0.6) is 0 Å². The molecule has 0 unspecified atom stereocenters.